The van der Waals surface area contributed by atoms with Crippen molar-refractivity contribution in [2.45, 2.75) is 90.5 Å². The van der Waals surface area contributed by atoms with Crippen LogP contribution < -0.4 is 10.6 Å². The van der Waals surface area contributed by atoms with Crippen molar-refractivity contribution in [3.63, 3.8) is 0 Å². The minimum absolute atomic E-state index is 0.00449. The number of esters is 1. The molecule has 0 heterocycles. The Morgan fingerprint density at radius 3 is 2.31 bits per heavy atom. The van der Waals surface area contributed by atoms with E-state index in [9.17, 15) is 14.4 Å². The Morgan fingerprint density at radius 1 is 0.971 bits per heavy atom. The van der Waals surface area contributed by atoms with Gasteiger partial charge in [0.15, 0.2) is 0 Å². The van der Waals surface area contributed by atoms with Gasteiger partial charge in [-0.25, -0.2) is 4.79 Å². The van der Waals surface area contributed by atoms with Crippen molar-refractivity contribution in [1.29, 1.82) is 0 Å². The number of ether oxygens (including phenoxy) is 1. The Labute approximate surface area is 210 Å². The molecule has 2 aliphatic carbocycles. The van der Waals surface area contributed by atoms with E-state index < -0.39 is 5.97 Å². The molecule has 0 spiro atoms. The lowest BCUT2D eigenvalue weighted by atomic mass is 9.80. The molecular formula is C28H43N3O4. The number of rotatable bonds is 10. The lowest BCUT2D eigenvalue weighted by molar-refractivity contribution is -0.133. The van der Waals surface area contributed by atoms with Crippen LogP contribution in [0.2, 0.25) is 0 Å². The molecule has 2 amide bonds. The summed E-state index contributed by atoms with van der Waals surface area (Å²) in [5, 5.41) is 6.37. The van der Waals surface area contributed by atoms with Crippen LogP contribution >= 0.6 is 0 Å². The van der Waals surface area contributed by atoms with Crippen LogP contribution in [0.5, 0.6) is 0 Å². The first kappa shape index (κ1) is 27.0. The third-order valence-electron chi connectivity index (χ3n) is 7.82. The van der Waals surface area contributed by atoms with Crippen molar-refractivity contribution in [2.75, 3.05) is 30.8 Å². The molecule has 0 bridgehead atoms. The van der Waals surface area contributed by atoms with E-state index in [0.29, 0.717) is 41.9 Å². The molecular weight excluding hydrogens is 442 g/mol. The number of methoxy groups -OCH3 is 1. The molecule has 1 aromatic rings. The molecule has 194 valence electrons. The maximum absolute atomic E-state index is 13.0. The van der Waals surface area contributed by atoms with E-state index in [1.807, 2.05) is 11.8 Å². The smallest absolute Gasteiger partial charge is 0.337 e. The van der Waals surface area contributed by atoms with Gasteiger partial charge in [-0.05, 0) is 69.6 Å². The number of carbonyl (C=O) groups is 3. The average molecular weight is 486 g/mol. The van der Waals surface area contributed by atoms with Crippen LogP contribution in [0.4, 0.5) is 11.4 Å². The second kappa shape index (κ2) is 13.5. The fourth-order valence-corrected chi connectivity index (χ4v) is 5.59. The minimum atomic E-state index is -0.447. The van der Waals surface area contributed by atoms with Crippen LogP contribution in [0.15, 0.2) is 18.2 Å². The van der Waals surface area contributed by atoms with Crippen LogP contribution in [0.1, 0.15) is 94.8 Å². The number of carbonyl (C=O) groups excluding carboxylic acids is 3. The van der Waals surface area contributed by atoms with Crippen LogP contribution in [0.25, 0.3) is 0 Å². The fourth-order valence-electron chi connectivity index (χ4n) is 5.59. The monoisotopic (exact) mass is 485 g/mol. The van der Waals surface area contributed by atoms with Gasteiger partial charge in [0.2, 0.25) is 11.8 Å². The molecule has 0 radical (unpaired) electrons. The van der Waals surface area contributed by atoms with Crippen molar-refractivity contribution in [2.24, 2.45) is 11.8 Å². The standard InChI is InChI=1S/C28H43N3O4/c1-4-20-11-13-21(14-12-20)27(33)30-25-19-22(28(34)35-3)15-16-24(25)29-18-17-26(32)31(5-2)23-9-7-6-8-10-23/h15-16,19-21,23,29H,4-14,17-18H2,1-3H3,(H,30,33)/t20-,21-. The molecule has 0 aliphatic heterocycles. The van der Waals surface area contributed by atoms with E-state index in [1.54, 1.807) is 18.2 Å². The first-order valence-corrected chi connectivity index (χ1v) is 13.5. The number of amides is 2. The molecule has 2 aliphatic rings. The quantitative estimate of drug-likeness (QED) is 0.421. The molecule has 0 unspecified atom stereocenters. The summed E-state index contributed by atoms with van der Waals surface area (Å²) in [5.41, 5.74) is 1.65. The lowest BCUT2D eigenvalue weighted by Gasteiger charge is -2.33. The van der Waals surface area contributed by atoms with E-state index in [1.165, 1.54) is 32.8 Å². The van der Waals surface area contributed by atoms with Crippen molar-refractivity contribution in [3.8, 4) is 0 Å². The normalized spacial score (nSPS) is 20.7. The summed E-state index contributed by atoms with van der Waals surface area (Å²) in [6.07, 6.45) is 11.4. The third-order valence-corrected chi connectivity index (χ3v) is 7.82. The zero-order chi connectivity index (χ0) is 25.2. The molecule has 0 aromatic heterocycles. The highest BCUT2D eigenvalue weighted by Crippen LogP contribution is 2.32. The van der Waals surface area contributed by atoms with Gasteiger partial charge in [0.05, 0.1) is 24.0 Å². The first-order valence-electron chi connectivity index (χ1n) is 13.5. The zero-order valence-electron chi connectivity index (χ0n) is 21.7. The van der Waals surface area contributed by atoms with Gasteiger partial charge >= 0.3 is 5.97 Å². The van der Waals surface area contributed by atoms with Gasteiger partial charge in [-0.15, -0.1) is 0 Å². The molecule has 2 fully saturated rings. The molecule has 0 saturated heterocycles. The number of nitrogens with one attached hydrogen (secondary N) is 2. The van der Waals surface area contributed by atoms with E-state index in [4.69, 9.17) is 4.74 Å². The van der Waals surface area contributed by atoms with Crippen molar-refractivity contribution >= 4 is 29.2 Å². The topological polar surface area (TPSA) is 87.7 Å². The highest BCUT2D eigenvalue weighted by molar-refractivity contribution is 5.99. The van der Waals surface area contributed by atoms with E-state index >= 15 is 0 Å². The van der Waals surface area contributed by atoms with Gasteiger partial charge in [0.25, 0.3) is 0 Å². The minimum Gasteiger partial charge on any atom is -0.465 e. The van der Waals surface area contributed by atoms with E-state index in [-0.39, 0.29) is 17.7 Å². The zero-order valence-corrected chi connectivity index (χ0v) is 21.7. The predicted octanol–water partition coefficient (Wildman–Crippen LogP) is 5.61. The molecule has 1 aromatic carbocycles. The summed E-state index contributed by atoms with van der Waals surface area (Å²) in [4.78, 5) is 40.1. The molecule has 7 nitrogen and oxygen atoms in total. The van der Waals surface area contributed by atoms with Crippen LogP contribution in [-0.2, 0) is 14.3 Å². The average Bonchev–Trinajstić information content (AvgIpc) is 2.90. The van der Waals surface area contributed by atoms with Gasteiger partial charge in [0, 0.05) is 31.5 Å². The second-order valence-electron chi connectivity index (χ2n) is 10.0. The molecule has 7 heteroatoms. The Morgan fingerprint density at radius 2 is 1.69 bits per heavy atom. The largest absolute Gasteiger partial charge is 0.465 e. The Hall–Kier alpha value is -2.57. The summed E-state index contributed by atoms with van der Waals surface area (Å²) in [7, 11) is 1.34. The summed E-state index contributed by atoms with van der Waals surface area (Å²) in [6, 6.07) is 5.47. The maximum atomic E-state index is 13.0. The molecule has 2 saturated carbocycles. The Bertz CT molecular complexity index is 858. The van der Waals surface area contributed by atoms with Gasteiger partial charge in [-0.1, -0.05) is 32.6 Å². The van der Waals surface area contributed by atoms with Gasteiger partial charge in [-0.2, -0.15) is 0 Å². The molecule has 0 atom stereocenters. The second-order valence-corrected chi connectivity index (χ2v) is 10.0. The number of nitrogens with zero attached hydrogens (tertiary/aromatic N) is 1. The fraction of sp³-hybridized carbons (Fsp3) is 0.679. The number of hydrogen-bond donors (Lipinski definition) is 2. The summed E-state index contributed by atoms with van der Waals surface area (Å²) < 4.78 is 4.86. The van der Waals surface area contributed by atoms with Gasteiger partial charge < -0.3 is 20.3 Å². The third kappa shape index (κ3) is 7.45. The highest BCUT2D eigenvalue weighted by Gasteiger charge is 2.27. The SMILES string of the molecule is CCN(C(=O)CCNc1ccc(C(=O)OC)cc1NC(=O)[C@H]1CC[C@H](CC)CC1)C1CCCCC1. The van der Waals surface area contributed by atoms with Crippen LogP contribution in [0.3, 0.4) is 0 Å². The molecule has 2 N–H and O–H groups in total. The highest BCUT2D eigenvalue weighted by atomic mass is 16.5. The van der Waals surface area contributed by atoms with Gasteiger partial charge in [-0.3, -0.25) is 9.59 Å². The van der Waals surface area contributed by atoms with Crippen LogP contribution in [-0.4, -0.2) is 48.9 Å². The number of hydrogen-bond acceptors (Lipinski definition) is 5. The lowest BCUT2D eigenvalue weighted by Crippen LogP contribution is -2.41. The summed E-state index contributed by atoms with van der Waals surface area (Å²) >= 11 is 0. The maximum Gasteiger partial charge on any atom is 0.337 e. The van der Waals surface area contributed by atoms with Crippen molar-refractivity contribution < 1.29 is 19.1 Å². The van der Waals surface area contributed by atoms with Gasteiger partial charge in [0.1, 0.15) is 0 Å². The van der Waals surface area contributed by atoms with Crippen LogP contribution in [0, 0.1) is 11.8 Å². The van der Waals surface area contributed by atoms with Crippen molar-refractivity contribution in [1.82, 2.24) is 4.90 Å². The number of benzene rings is 1. The summed E-state index contributed by atoms with van der Waals surface area (Å²) in [6.45, 7) is 5.46. The number of anilines is 2. The van der Waals surface area contributed by atoms with E-state index in [2.05, 4.69) is 17.6 Å². The summed E-state index contributed by atoms with van der Waals surface area (Å²) in [5.74, 6) is 0.415. The Balaban J connectivity index is 1.63. The van der Waals surface area contributed by atoms with E-state index in [0.717, 1.165) is 45.1 Å². The molecule has 3 rings (SSSR count). The molecule has 35 heavy (non-hydrogen) atoms. The predicted molar refractivity (Wildman–Crippen MR) is 140 cm³/mol. The first-order chi connectivity index (χ1) is 17.0. The van der Waals surface area contributed by atoms with Crippen molar-refractivity contribution in [3.05, 3.63) is 23.8 Å². The Kier molecular flexibility index (Phi) is 10.4.